The Bertz CT molecular complexity index is 458. The lowest BCUT2D eigenvalue weighted by Crippen LogP contribution is -2.34. The van der Waals surface area contributed by atoms with Crippen molar-refractivity contribution in [2.45, 2.75) is 45.6 Å². The Morgan fingerprint density at radius 2 is 2.11 bits per heavy atom. The van der Waals surface area contributed by atoms with Crippen LogP contribution in [0.1, 0.15) is 39.2 Å². The number of benzene rings is 1. The second-order valence-electron chi connectivity index (χ2n) is 6.47. The van der Waals surface area contributed by atoms with Crippen molar-refractivity contribution in [3.05, 3.63) is 34.6 Å². The van der Waals surface area contributed by atoms with Gasteiger partial charge in [0, 0.05) is 6.42 Å². The highest BCUT2D eigenvalue weighted by atomic mass is 35.5. The van der Waals surface area contributed by atoms with Crippen LogP contribution in [-0.4, -0.2) is 10.7 Å². The molecular formula is C15H20ClFO. The van der Waals surface area contributed by atoms with Gasteiger partial charge in [0.2, 0.25) is 0 Å². The number of hydrogen-bond donors (Lipinski definition) is 1. The van der Waals surface area contributed by atoms with Gasteiger partial charge in [-0.15, -0.1) is 0 Å². The standard InChI is InChI=1S/C15H20ClFO/c1-10-7-14(2,3)9-15(10,18)8-11-4-5-13(17)12(16)6-11/h4-6,10,18H,7-9H2,1-3H3. The predicted octanol–water partition coefficient (Wildman–Crippen LogP) is 4.21. The first kappa shape index (κ1) is 13.8. The van der Waals surface area contributed by atoms with Crippen LogP contribution in [-0.2, 0) is 6.42 Å². The van der Waals surface area contributed by atoms with Gasteiger partial charge in [0.05, 0.1) is 10.6 Å². The molecule has 3 heteroatoms. The number of hydrogen-bond acceptors (Lipinski definition) is 1. The zero-order valence-electron chi connectivity index (χ0n) is 11.1. The van der Waals surface area contributed by atoms with E-state index >= 15 is 0 Å². The monoisotopic (exact) mass is 270 g/mol. The molecule has 0 amide bonds. The summed E-state index contributed by atoms with van der Waals surface area (Å²) in [4.78, 5) is 0. The molecule has 1 nitrogen and oxygen atoms in total. The molecule has 1 N–H and O–H groups in total. The fourth-order valence-corrected chi connectivity index (χ4v) is 3.54. The van der Waals surface area contributed by atoms with Gasteiger partial charge in [-0.2, -0.15) is 0 Å². The third-order valence-electron chi connectivity index (χ3n) is 4.06. The summed E-state index contributed by atoms with van der Waals surface area (Å²) in [6, 6.07) is 4.69. The van der Waals surface area contributed by atoms with E-state index in [1.807, 2.05) is 0 Å². The lowest BCUT2D eigenvalue weighted by atomic mass is 9.84. The van der Waals surface area contributed by atoms with Crippen LogP contribution in [0, 0.1) is 17.2 Å². The number of halogens is 2. The van der Waals surface area contributed by atoms with Crippen LogP contribution in [0.5, 0.6) is 0 Å². The average molecular weight is 271 g/mol. The molecule has 0 aliphatic heterocycles. The molecule has 1 saturated carbocycles. The summed E-state index contributed by atoms with van der Waals surface area (Å²) in [5, 5.41) is 10.9. The van der Waals surface area contributed by atoms with Gasteiger partial charge in [-0.3, -0.25) is 0 Å². The van der Waals surface area contributed by atoms with E-state index in [1.165, 1.54) is 6.07 Å². The Morgan fingerprint density at radius 1 is 1.44 bits per heavy atom. The van der Waals surface area contributed by atoms with Crippen LogP contribution in [0.4, 0.5) is 4.39 Å². The zero-order valence-corrected chi connectivity index (χ0v) is 11.9. The Balaban J connectivity index is 2.20. The Labute approximate surface area is 113 Å². The maximum Gasteiger partial charge on any atom is 0.141 e. The third-order valence-corrected chi connectivity index (χ3v) is 4.34. The minimum absolute atomic E-state index is 0.126. The fourth-order valence-electron chi connectivity index (χ4n) is 3.33. The lowest BCUT2D eigenvalue weighted by molar-refractivity contribution is 0.00444. The van der Waals surface area contributed by atoms with Gasteiger partial charge in [0.25, 0.3) is 0 Å². The predicted molar refractivity (Wildman–Crippen MR) is 72.2 cm³/mol. The van der Waals surface area contributed by atoms with Crippen LogP contribution in [0.15, 0.2) is 18.2 Å². The highest BCUT2D eigenvalue weighted by Gasteiger charge is 2.47. The van der Waals surface area contributed by atoms with Crippen molar-refractivity contribution < 1.29 is 9.50 Å². The summed E-state index contributed by atoms with van der Waals surface area (Å²) in [7, 11) is 0. The normalized spacial score (nSPS) is 30.7. The van der Waals surface area contributed by atoms with E-state index in [1.54, 1.807) is 12.1 Å². The molecule has 0 heterocycles. The van der Waals surface area contributed by atoms with E-state index in [4.69, 9.17) is 11.6 Å². The van der Waals surface area contributed by atoms with Crippen LogP contribution in [0.25, 0.3) is 0 Å². The Kier molecular flexibility index (Phi) is 3.46. The van der Waals surface area contributed by atoms with Crippen molar-refractivity contribution in [2.75, 3.05) is 0 Å². The van der Waals surface area contributed by atoms with E-state index in [9.17, 15) is 9.50 Å². The smallest absolute Gasteiger partial charge is 0.141 e. The maximum absolute atomic E-state index is 13.1. The molecule has 0 spiro atoms. The summed E-state index contributed by atoms with van der Waals surface area (Å²) < 4.78 is 13.1. The van der Waals surface area contributed by atoms with Crippen molar-refractivity contribution in [1.82, 2.24) is 0 Å². The molecule has 100 valence electrons. The zero-order chi connectivity index (χ0) is 13.6. The molecule has 2 atom stereocenters. The van der Waals surface area contributed by atoms with Crippen LogP contribution >= 0.6 is 11.6 Å². The summed E-state index contributed by atoms with van der Waals surface area (Å²) in [5.41, 5.74) is 0.358. The Hall–Kier alpha value is -0.600. The van der Waals surface area contributed by atoms with E-state index in [0.29, 0.717) is 6.42 Å². The molecule has 1 aromatic rings. The second-order valence-corrected chi connectivity index (χ2v) is 6.88. The van der Waals surface area contributed by atoms with Crippen molar-refractivity contribution in [1.29, 1.82) is 0 Å². The molecule has 1 aromatic carbocycles. The molecule has 0 aromatic heterocycles. The van der Waals surface area contributed by atoms with Crippen molar-refractivity contribution in [3.63, 3.8) is 0 Å². The highest BCUT2D eigenvalue weighted by molar-refractivity contribution is 6.30. The van der Waals surface area contributed by atoms with E-state index in [0.717, 1.165) is 18.4 Å². The highest BCUT2D eigenvalue weighted by Crippen LogP contribution is 2.48. The van der Waals surface area contributed by atoms with Gasteiger partial charge >= 0.3 is 0 Å². The first-order valence-electron chi connectivity index (χ1n) is 6.38. The summed E-state index contributed by atoms with van der Waals surface area (Å²) >= 11 is 5.78. The second kappa shape index (κ2) is 4.50. The van der Waals surface area contributed by atoms with Gasteiger partial charge in [0.15, 0.2) is 0 Å². The van der Waals surface area contributed by atoms with E-state index in [2.05, 4.69) is 20.8 Å². The Morgan fingerprint density at radius 3 is 2.61 bits per heavy atom. The third kappa shape index (κ3) is 2.70. The molecule has 18 heavy (non-hydrogen) atoms. The van der Waals surface area contributed by atoms with Crippen LogP contribution in [0.3, 0.4) is 0 Å². The molecule has 2 rings (SSSR count). The molecule has 0 bridgehead atoms. The topological polar surface area (TPSA) is 20.2 Å². The molecule has 1 fully saturated rings. The average Bonchev–Trinajstić information content (AvgIpc) is 2.41. The van der Waals surface area contributed by atoms with E-state index < -0.39 is 11.4 Å². The minimum Gasteiger partial charge on any atom is -0.389 e. The molecule has 0 saturated heterocycles. The van der Waals surface area contributed by atoms with E-state index in [-0.39, 0.29) is 16.4 Å². The molecule has 1 aliphatic carbocycles. The molecule has 1 aliphatic rings. The first-order valence-corrected chi connectivity index (χ1v) is 6.76. The molecular weight excluding hydrogens is 251 g/mol. The van der Waals surface area contributed by atoms with Gasteiger partial charge in [-0.1, -0.05) is 38.4 Å². The number of rotatable bonds is 2. The molecule has 2 unspecified atom stereocenters. The van der Waals surface area contributed by atoms with Crippen LogP contribution < -0.4 is 0 Å². The van der Waals surface area contributed by atoms with Gasteiger partial charge in [-0.25, -0.2) is 4.39 Å². The SMILES string of the molecule is CC1CC(C)(C)CC1(O)Cc1ccc(F)c(Cl)c1. The van der Waals surface area contributed by atoms with Gasteiger partial charge in [0.1, 0.15) is 5.82 Å². The van der Waals surface area contributed by atoms with Crippen molar-refractivity contribution >= 4 is 11.6 Å². The van der Waals surface area contributed by atoms with Crippen LogP contribution in [0.2, 0.25) is 5.02 Å². The summed E-state index contributed by atoms with van der Waals surface area (Å²) in [6.45, 7) is 6.44. The summed E-state index contributed by atoms with van der Waals surface area (Å²) in [5.74, 6) is -0.163. The lowest BCUT2D eigenvalue weighted by Gasteiger charge is -2.28. The fraction of sp³-hybridized carbons (Fsp3) is 0.600. The number of aliphatic hydroxyl groups is 1. The quantitative estimate of drug-likeness (QED) is 0.854. The first-order chi connectivity index (χ1) is 8.22. The minimum atomic E-state index is -0.704. The largest absolute Gasteiger partial charge is 0.389 e. The van der Waals surface area contributed by atoms with Crippen molar-refractivity contribution in [2.24, 2.45) is 11.3 Å². The summed E-state index contributed by atoms with van der Waals surface area (Å²) in [6.07, 6.45) is 2.33. The van der Waals surface area contributed by atoms with Gasteiger partial charge in [-0.05, 0) is 41.9 Å². The van der Waals surface area contributed by atoms with Gasteiger partial charge < -0.3 is 5.11 Å². The maximum atomic E-state index is 13.1. The molecule has 0 radical (unpaired) electrons. The van der Waals surface area contributed by atoms with Crippen molar-refractivity contribution in [3.8, 4) is 0 Å².